The van der Waals surface area contributed by atoms with Gasteiger partial charge in [-0.05, 0) is 13.8 Å². The van der Waals surface area contributed by atoms with Gasteiger partial charge >= 0.3 is 5.97 Å². The highest BCUT2D eigenvalue weighted by molar-refractivity contribution is 5.70. The summed E-state index contributed by atoms with van der Waals surface area (Å²) in [5.74, 6) is -0.171. The first-order chi connectivity index (χ1) is 10.1. The molecule has 1 aliphatic heterocycles. The third-order valence-corrected chi connectivity index (χ3v) is 3.77. The fourth-order valence-corrected chi connectivity index (χ4v) is 2.63. The van der Waals surface area contributed by atoms with Crippen LogP contribution in [0.4, 0.5) is 0 Å². The summed E-state index contributed by atoms with van der Waals surface area (Å²) in [5, 5.41) is 9.40. The van der Waals surface area contributed by atoms with E-state index < -0.39 is 5.97 Å². The summed E-state index contributed by atoms with van der Waals surface area (Å²) in [4.78, 5) is 23.3. The zero-order valence-electron chi connectivity index (χ0n) is 12.7. The second-order valence-electron chi connectivity index (χ2n) is 5.61. The topological polar surface area (TPSA) is 72.5 Å². The number of carboxylic acid groups (broad SMARTS) is 1. The van der Waals surface area contributed by atoms with Gasteiger partial charge in [-0.3, -0.25) is 14.6 Å². The third kappa shape index (κ3) is 4.68. The highest BCUT2D eigenvalue weighted by Gasteiger charge is 2.27. The number of allylic oxidation sites excluding steroid dienone is 1. The average molecular weight is 292 g/mol. The maximum atomic E-state index is 11.4. The molecule has 116 valence electrons. The van der Waals surface area contributed by atoms with Gasteiger partial charge in [-0.15, -0.1) is 0 Å². The van der Waals surface area contributed by atoms with Crippen LogP contribution < -0.4 is 0 Å². The first kappa shape index (κ1) is 15.7. The first-order valence-electron chi connectivity index (χ1n) is 7.37. The molecule has 1 aromatic heterocycles. The lowest BCUT2D eigenvalue weighted by molar-refractivity contribution is -0.142. The van der Waals surface area contributed by atoms with E-state index in [1.54, 1.807) is 6.20 Å². The fraction of sp³-hybridized carbons (Fsp3) is 0.600. The van der Waals surface area contributed by atoms with E-state index in [4.69, 9.17) is 0 Å². The smallest absolute Gasteiger partial charge is 0.309 e. The van der Waals surface area contributed by atoms with E-state index in [0.29, 0.717) is 19.6 Å². The number of aromatic nitrogens is 2. The van der Waals surface area contributed by atoms with Crippen molar-refractivity contribution >= 4 is 5.97 Å². The number of aliphatic carboxylic acids is 1. The second kappa shape index (κ2) is 7.38. The molecule has 1 aliphatic rings. The van der Waals surface area contributed by atoms with Crippen LogP contribution in [0.2, 0.25) is 0 Å². The summed E-state index contributed by atoms with van der Waals surface area (Å²) in [7, 11) is 0. The van der Waals surface area contributed by atoms with Crippen molar-refractivity contribution in [1.29, 1.82) is 0 Å². The molecular formula is C15H24N4O2. The Hall–Kier alpha value is -1.66. The molecule has 1 atom stereocenters. The van der Waals surface area contributed by atoms with Gasteiger partial charge in [-0.25, -0.2) is 4.98 Å². The van der Waals surface area contributed by atoms with Crippen molar-refractivity contribution in [3.63, 3.8) is 0 Å². The lowest BCUT2D eigenvalue weighted by atomic mass is 10.1. The average Bonchev–Trinajstić information content (AvgIpc) is 2.73. The van der Waals surface area contributed by atoms with Crippen molar-refractivity contribution in [2.45, 2.75) is 20.4 Å². The molecule has 0 saturated carbocycles. The van der Waals surface area contributed by atoms with Crippen molar-refractivity contribution in [2.24, 2.45) is 5.92 Å². The summed E-state index contributed by atoms with van der Waals surface area (Å²) in [6.45, 7) is 8.36. The molecule has 1 fully saturated rings. The van der Waals surface area contributed by atoms with Gasteiger partial charge in [0.25, 0.3) is 0 Å². The van der Waals surface area contributed by atoms with Crippen LogP contribution in [-0.4, -0.2) is 63.6 Å². The lowest BCUT2D eigenvalue weighted by Crippen LogP contribution is -2.34. The molecule has 0 spiro atoms. The molecule has 21 heavy (non-hydrogen) atoms. The second-order valence-corrected chi connectivity index (χ2v) is 5.61. The Morgan fingerprint density at radius 1 is 1.48 bits per heavy atom. The van der Waals surface area contributed by atoms with Crippen molar-refractivity contribution in [3.8, 4) is 0 Å². The van der Waals surface area contributed by atoms with Gasteiger partial charge in [-0.2, -0.15) is 0 Å². The highest BCUT2D eigenvalue weighted by Crippen LogP contribution is 2.12. The van der Waals surface area contributed by atoms with E-state index in [9.17, 15) is 9.90 Å². The molecule has 0 bridgehead atoms. The third-order valence-electron chi connectivity index (χ3n) is 3.77. The van der Waals surface area contributed by atoms with Gasteiger partial charge in [0.2, 0.25) is 0 Å². The Morgan fingerprint density at radius 2 is 2.19 bits per heavy atom. The molecule has 1 unspecified atom stereocenters. The number of carbonyl (C=O) groups is 1. The van der Waals surface area contributed by atoms with Gasteiger partial charge < -0.3 is 10.1 Å². The summed E-state index contributed by atoms with van der Waals surface area (Å²) < 4.78 is 0. The van der Waals surface area contributed by atoms with Crippen molar-refractivity contribution in [1.82, 2.24) is 19.8 Å². The molecule has 1 aromatic rings. The van der Waals surface area contributed by atoms with Gasteiger partial charge in [0.15, 0.2) is 0 Å². The van der Waals surface area contributed by atoms with E-state index in [2.05, 4.69) is 25.8 Å². The SMILES string of the molecule is C/C=C/CN1CCN(Cc2ncc(C)[nH]2)CC(C(=O)O)C1. The van der Waals surface area contributed by atoms with Gasteiger partial charge in [-0.1, -0.05) is 12.2 Å². The standard InChI is InChI=1S/C15H24N4O2/c1-3-4-5-18-6-7-19(10-13(9-18)15(20)21)11-14-16-8-12(2)17-14/h3-4,8,13H,5-7,9-11H2,1-2H3,(H,16,17)(H,20,21)/b4-3+. The van der Waals surface area contributed by atoms with E-state index in [0.717, 1.165) is 31.2 Å². The van der Waals surface area contributed by atoms with Crippen molar-refractivity contribution in [2.75, 3.05) is 32.7 Å². The number of hydrogen-bond donors (Lipinski definition) is 2. The molecule has 1 saturated heterocycles. The van der Waals surface area contributed by atoms with Crippen LogP contribution >= 0.6 is 0 Å². The molecule has 0 aromatic carbocycles. The molecule has 0 amide bonds. The number of imidazole rings is 1. The predicted molar refractivity (Wildman–Crippen MR) is 81.0 cm³/mol. The first-order valence-corrected chi connectivity index (χ1v) is 7.37. The van der Waals surface area contributed by atoms with Crippen LogP contribution in [0.25, 0.3) is 0 Å². The molecular weight excluding hydrogens is 268 g/mol. The minimum Gasteiger partial charge on any atom is -0.481 e. The van der Waals surface area contributed by atoms with Crippen LogP contribution in [0.15, 0.2) is 18.3 Å². The Kier molecular flexibility index (Phi) is 5.52. The largest absolute Gasteiger partial charge is 0.481 e. The minimum absolute atomic E-state index is 0.353. The van der Waals surface area contributed by atoms with Crippen LogP contribution in [0.1, 0.15) is 18.4 Å². The normalized spacial score (nSPS) is 21.7. The van der Waals surface area contributed by atoms with Gasteiger partial charge in [0, 0.05) is 44.6 Å². The van der Waals surface area contributed by atoms with E-state index in [1.165, 1.54) is 0 Å². The molecule has 6 nitrogen and oxygen atoms in total. The van der Waals surface area contributed by atoms with Crippen molar-refractivity contribution < 1.29 is 9.90 Å². The summed E-state index contributed by atoms with van der Waals surface area (Å²) in [6, 6.07) is 0. The zero-order chi connectivity index (χ0) is 15.2. The Balaban J connectivity index is 2.01. The molecule has 6 heteroatoms. The van der Waals surface area contributed by atoms with Crippen LogP contribution in [0.3, 0.4) is 0 Å². The Morgan fingerprint density at radius 3 is 2.81 bits per heavy atom. The number of carboxylic acids is 1. The van der Waals surface area contributed by atoms with Crippen molar-refractivity contribution in [3.05, 3.63) is 29.9 Å². The molecule has 2 rings (SSSR count). The van der Waals surface area contributed by atoms with E-state index in [1.807, 2.05) is 19.9 Å². The Bertz CT molecular complexity index is 498. The fourth-order valence-electron chi connectivity index (χ4n) is 2.63. The Labute approximate surface area is 125 Å². The van der Waals surface area contributed by atoms with Crippen LogP contribution in [0.5, 0.6) is 0 Å². The van der Waals surface area contributed by atoms with E-state index >= 15 is 0 Å². The van der Waals surface area contributed by atoms with Gasteiger partial charge in [0.05, 0.1) is 12.5 Å². The number of aryl methyl sites for hydroxylation is 1. The summed E-state index contributed by atoms with van der Waals surface area (Å²) in [6.07, 6.45) is 5.88. The quantitative estimate of drug-likeness (QED) is 0.796. The molecule has 0 aliphatic carbocycles. The number of nitrogens with one attached hydrogen (secondary N) is 1. The summed E-state index contributed by atoms with van der Waals surface area (Å²) >= 11 is 0. The summed E-state index contributed by atoms with van der Waals surface area (Å²) in [5.41, 5.74) is 1.03. The molecule has 0 radical (unpaired) electrons. The van der Waals surface area contributed by atoms with Crippen LogP contribution in [0, 0.1) is 12.8 Å². The van der Waals surface area contributed by atoms with Crippen LogP contribution in [-0.2, 0) is 11.3 Å². The highest BCUT2D eigenvalue weighted by atomic mass is 16.4. The number of rotatable bonds is 5. The maximum Gasteiger partial charge on any atom is 0.309 e. The lowest BCUT2D eigenvalue weighted by Gasteiger charge is -2.20. The van der Waals surface area contributed by atoms with Gasteiger partial charge in [0.1, 0.15) is 5.82 Å². The predicted octanol–water partition coefficient (Wildman–Crippen LogP) is 1.11. The monoisotopic (exact) mass is 292 g/mol. The maximum absolute atomic E-state index is 11.4. The molecule has 2 N–H and O–H groups in total. The molecule has 2 heterocycles. The number of hydrogen-bond acceptors (Lipinski definition) is 4. The van der Waals surface area contributed by atoms with E-state index in [-0.39, 0.29) is 5.92 Å². The number of aromatic amines is 1. The number of H-pyrrole nitrogens is 1. The minimum atomic E-state index is -0.719. The number of nitrogens with zero attached hydrogens (tertiary/aromatic N) is 3. The zero-order valence-corrected chi connectivity index (χ0v) is 12.7.